The fourth-order valence-electron chi connectivity index (χ4n) is 4.88. The third kappa shape index (κ3) is 7.44. The molecule has 1 aromatic heterocycles. The van der Waals surface area contributed by atoms with E-state index in [9.17, 15) is 9.18 Å². The van der Waals surface area contributed by atoms with Crippen LogP contribution in [0.4, 0.5) is 20.6 Å². The number of ether oxygens (including phenoxy) is 1. The van der Waals surface area contributed by atoms with Gasteiger partial charge in [-0.05, 0) is 88.8 Å². The molecule has 1 saturated heterocycles. The molecule has 1 aliphatic heterocycles. The van der Waals surface area contributed by atoms with Gasteiger partial charge in [-0.25, -0.2) is 9.18 Å². The summed E-state index contributed by atoms with van der Waals surface area (Å²) in [5, 5.41) is 11.5. The van der Waals surface area contributed by atoms with Crippen LogP contribution >= 0.6 is 11.6 Å². The normalized spacial score (nSPS) is 16.3. The Morgan fingerprint density at radius 1 is 1.23 bits per heavy atom. The van der Waals surface area contributed by atoms with Gasteiger partial charge in [0, 0.05) is 31.2 Å². The predicted molar refractivity (Wildman–Crippen MR) is 154 cm³/mol. The third-order valence-electron chi connectivity index (χ3n) is 6.75. The zero-order chi connectivity index (χ0) is 28.3. The molecule has 0 radical (unpaired) electrons. The number of nitrogens with zero attached hydrogens (tertiary/aromatic N) is 2. The molecule has 0 bridgehead atoms. The highest BCUT2D eigenvalue weighted by atomic mass is 35.5. The molecule has 2 aromatic carbocycles. The molecule has 0 aliphatic carbocycles. The van der Waals surface area contributed by atoms with Crippen LogP contribution in [-0.2, 0) is 11.2 Å². The summed E-state index contributed by atoms with van der Waals surface area (Å²) in [4.78, 5) is 14.3. The van der Waals surface area contributed by atoms with E-state index in [0.29, 0.717) is 26.1 Å². The van der Waals surface area contributed by atoms with Crippen molar-refractivity contribution in [3.05, 3.63) is 64.3 Å². The molecule has 39 heavy (non-hydrogen) atoms. The minimum absolute atomic E-state index is 0.0949. The van der Waals surface area contributed by atoms with Crippen molar-refractivity contribution >= 4 is 29.1 Å². The molecule has 210 valence electrons. The molecule has 0 unspecified atom stereocenters. The monoisotopic (exact) mass is 556 g/mol. The van der Waals surface area contributed by atoms with Crippen LogP contribution in [0.15, 0.2) is 40.9 Å². The standard InChI is InChI=1S/C30H38ClFN4O3/c1-18(13-21-7-9-24(31)25(32)14-21)16-33-27-15-22(28-19(2)35-39-20(28)3)8-10-26(27)34-23-11-12-36(17-23)29(37)38-30(4,5)6/h7-10,14-15,18,23,33-34H,11-13,16-17H2,1-6H3/t18-,23+/m0/s1. The molecule has 7 nitrogen and oxygen atoms in total. The highest BCUT2D eigenvalue weighted by Crippen LogP contribution is 2.34. The smallest absolute Gasteiger partial charge is 0.410 e. The van der Waals surface area contributed by atoms with E-state index in [1.54, 1.807) is 11.0 Å². The predicted octanol–water partition coefficient (Wildman–Crippen LogP) is 7.46. The van der Waals surface area contributed by atoms with E-state index in [1.165, 1.54) is 6.07 Å². The number of amides is 1. The molecule has 0 spiro atoms. The molecule has 1 aliphatic rings. The number of aryl methyl sites for hydroxylation is 2. The molecular weight excluding hydrogens is 519 g/mol. The first-order chi connectivity index (χ1) is 18.4. The largest absolute Gasteiger partial charge is 0.444 e. The van der Waals surface area contributed by atoms with Crippen LogP contribution < -0.4 is 10.6 Å². The van der Waals surface area contributed by atoms with Crippen molar-refractivity contribution in [1.29, 1.82) is 0 Å². The zero-order valence-corrected chi connectivity index (χ0v) is 24.3. The lowest BCUT2D eigenvalue weighted by atomic mass is 10.00. The maximum Gasteiger partial charge on any atom is 0.410 e. The van der Waals surface area contributed by atoms with Crippen LogP contribution in [-0.4, -0.2) is 47.4 Å². The van der Waals surface area contributed by atoms with Crippen molar-refractivity contribution in [3.63, 3.8) is 0 Å². The van der Waals surface area contributed by atoms with Gasteiger partial charge < -0.3 is 24.8 Å². The van der Waals surface area contributed by atoms with Gasteiger partial charge in [0.05, 0.1) is 22.1 Å². The minimum Gasteiger partial charge on any atom is -0.444 e. The lowest BCUT2D eigenvalue weighted by molar-refractivity contribution is 0.0293. The van der Waals surface area contributed by atoms with Gasteiger partial charge in [0.25, 0.3) is 0 Å². The number of rotatable bonds is 8. The topological polar surface area (TPSA) is 79.6 Å². The summed E-state index contributed by atoms with van der Waals surface area (Å²) < 4.78 is 24.9. The fraction of sp³-hybridized carbons (Fsp3) is 0.467. The summed E-state index contributed by atoms with van der Waals surface area (Å²) >= 11 is 5.85. The fourth-order valence-corrected chi connectivity index (χ4v) is 5.00. The van der Waals surface area contributed by atoms with E-state index < -0.39 is 11.4 Å². The quantitative estimate of drug-likeness (QED) is 0.300. The Morgan fingerprint density at radius 3 is 2.67 bits per heavy atom. The minimum atomic E-state index is -0.526. The second-order valence-corrected chi connectivity index (χ2v) is 11.9. The van der Waals surface area contributed by atoms with Gasteiger partial charge in [0.2, 0.25) is 0 Å². The molecule has 2 N–H and O–H groups in total. The van der Waals surface area contributed by atoms with Gasteiger partial charge >= 0.3 is 6.09 Å². The van der Waals surface area contributed by atoms with Crippen molar-refractivity contribution in [1.82, 2.24) is 10.1 Å². The maximum absolute atomic E-state index is 13.9. The van der Waals surface area contributed by atoms with Gasteiger partial charge in [-0.2, -0.15) is 0 Å². The number of benzene rings is 2. The van der Waals surface area contributed by atoms with Gasteiger partial charge in [-0.15, -0.1) is 0 Å². The first kappa shape index (κ1) is 28.7. The van der Waals surface area contributed by atoms with Crippen molar-refractivity contribution in [2.75, 3.05) is 30.3 Å². The Morgan fingerprint density at radius 2 is 2.00 bits per heavy atom. The van der Waals surface area contributed by atoms with E-state index in [0.717, 1.165) is 45.9 Å². The lowest BCUT2D eigenvalue weighted by Crippen LogP contribution is -2.36. The Hall–Kier alpha value is -3.26. The van der Waals surface area contributed by atoms with Crippen LogP contribution in [0, 0.1) is 25.6 Å². The molecule has 2 heterocycles. The third-order valence-corrected chi connectivity index (χ3v) is 7.06. The summed E-state index contributed by atoms with van der Waals surface area (Å²) in [6, 6.07) is 11.3. The van der Waals surface area contributed by atoms with E-state index in [4.69, 9.17) is 20.9 Å². The van der Waals surface area contributed by atoms with E-state index >= 15 is 0 Å². The second-order valence-electron chi connectivity index (χ2n) is 11.5. The lowest BCUT2D eigenvalue weighted by Gasteiger charge is -2.25. The molecule has 4 rings (SSSR count). The maximum atomic E-state index is 13.9. The molecule has 9 heteroatoms. The molecule has 3 aromatic rings. The van der Waals surface area contributed by atoms with Crippen LogP contribution in [0.25, 0.3) is 11.1 Å². The zero-order valence-electron chi connectivity index (χ0n) is 23.5. The number of hydrogen-bond acceptors (Lipinski definition) is 6. The van der Waals surface area contributed by atoms with Crippen LogP contribution in [0.5, 0.6) is 0 Å². The Labute approximate surface area is 235 Å². The number of anilines is 2. The van der Waals surface area contributed by atoms with Crippen LogP contribution in [0.3, 0.4) is 0 Å². The summed E-state index contributed by atoms with van der Waals surface area (Å²) in [5.74, 6) is 0.598. The van der Waals surface area contributed by atoms with Gasteiger partial charge in [0.15, 0.2) is 0 Å². The van der Waals surface area contributed by atoms with Crippen molar-refractivity contribution in [3.8, 4) is 11.1 Å². The van der Waals surface area contributed by atoms with Crippen molar-refractivity contribution < 1.29 is 18.4 Å². The first-order valence-corrected chi connectivity index (χ1v) is 13.8. The highest BCUT2D eigenvalue weighted by molar-refractivity contribution is 6.30. The van der Waals surface area contributed by atoms with Gasteiger partial charge in [-0.1, -0.05) is 35.8 Å². The number of nitrogens with one attached hydrogen (secondary N) is 2. The average Bonchev–Trinajstić information content (AvgIpc) is 3.46. The molecule has 1 amide bonds. The highest BCUT2D eigenvalue weighted by Gasteiger charge is 2.30. The van der Waals surface area contributed by atoms with Crippen LogP contribution in [0.1, 0.15) is 51.1 Å². The van der Waals surface area contributed by atoms with Crippen molar-refractivity contribution in [2.24, 2.45) is 5.92 Å². The summed E-state index contributed by atoms with van der Waals surface area (Å²) in [7, 11) is 0. The molecule has 0 saturated carbocycles. The van der Waals surface area contributed by atoms with Crippen LogP contribution in [0.2, 0.25) is 5.02 Å². The first-order valence-electron chi connectivity index (χ1n) is 13.4. The Kier molecular flexibility index (Phi) is 8.74. The SMILES string of the molecule is Cc1noc(C)c1-c1ccc(N[C@@H]2CCN(C(=O)OC(C)(C)C)C2)c(NC[C@@H](C)Cc2ccc(Cl)c(F)c2)c1. The number of likely N-dealkylation sites (tertiary alicyclic amines) is 1. The summed E-state index contributed by atoms with van der Waals surface area (Å²) in [5.41, 5.74) is 5.09. The van der Waals surface area contributed by atoms with Gasteiger partial charge in [-0.3, -0.25) is 0 Å². The van der Waals surface area contributed by atoms with Crippen molar-refractivity contribution in [2.45, 2.75) is 66.0 Å². The second kappa shape index (κ2) is 11.9. The molecule has 1 fully saturated rings. The number of carbonyl (C=O) groups excluding carboxylic acids is 1. The number of halogens is 2. The number of hydrogen-bond donors (Lipinski definition) is 2. The molecule has 2 atom stereocenters. The number of aromatic nitrogens is 1. The summed E-state index contributed by atoms with van der Waals surface area (Å²) in [6.07, 6.45) is 1.25. The molecular formula is C30H38ClFN4O3. The van der Waals surface area contributed by atoms with E-state index in [-0.39, 0.29) is 23.1 Å². The van der Waals surface area contributed by atoms with Gasteiger partial charge in [0.1, 0.15) is 17.2 Å². The Balaban J connectivity index is 1.49. The summed E-state index contributed by atoms with van der Waals surface area (Å²) in [6.45, 7) is 13.5. The Bertz CT molecular complexity index is 1300. The average molecular weight is 557 g/mol. The van der Waals surface area contributed by atoms with E-state index in [2.05, 4.69) is 40.9 Å². The van der Waals surface area contributed by atoms with E-state index in [1.807, 2.05) is 40.7 Å². The number of carbonyl (C=O) groups is 1.